The molecule has 0 heterocycles. The van der Waals surface area contributed by atoms with E-state index in [1.807, 2.05) is 0 Å². The molecule has 0 aliphatic heterocycles. The summed E-state index contributed by atoms with van der Waals surface area (Å²) in [5, 5.41) is 11.3. The largest absolute Gasteiger partial charge is 0.478 e. The van der Waals surface area contributed by atoms with Crippen LogP contribution in [0.3, 0.4) is 0 Å². The number of carbonyl (C=O) groups is 3. The first-order valence-corrected chi connectivity index (χ1v) is 7.04. The SMILES string of the molecule is CC(=O)N/C(=C/N(C)C)C(=O)c1cc(C(=O)O)ccc1CC(F)(F)F. The first-order valence-electron chi connectivity index (χ1n) is 7.04. The standard InChI is InChI=1S/C16H17F3N2O4/c1-9(22)20-13(8-21(2)3)14(23)12-6-10(15(24)25)4-5-11(12)7-16(17,18)19/h4-6,8H,7H2,1-3H3,(H,20,22)(H,24,25)/b13-8+. The van der Waals surface area contributed by atoms with Crippen molar-refractivity contribution in [3.05, 3.63) is 46.8 Å². The van der Waals surface area contributed by atoms with Gasteiger partial charge in [0.1, 0.15) is 5.70 Å². The van der Waals surface area contributed by atoms with Crippen molar-refractivity contribution in [3.8, 4) is 0 Å². The van der Waals surface area contributed by atoms with Gasteiger partial charge in [-0.25, -0.2) is 4.79 Å². The van der Waals surface area contributed by atoms with Crippen LogP contribution in [0.2, 0.25) is 0 Å². The maximum Gasteiger partial charge on any atom is 0.393 e. The third-order valence-electron chi connectivity index (χ3n) is 2.93. The van der Waals surface area contributed by atoms with Crippen molar-refractivity contribution in [1.29, 1.82) is 0 Å². The summed E-state index contributed by atoms with van der Waals surface area (Å²) in [6.45, 7) is 1.14. The Labute approximate surface area is 141 Å². The summed E-state index contributed by atoms with van der Waals surface area (Å²) in [6.07, 6.45) is -4.75. The molecule has 0 aliphatic carbocycles. The van der Waals surface area contributed by atoms with E-state index < -0.39 is 35.8 Å². The zero-order chi connectivity index (χ0) is 19.4. The van der Waals surface area contributed by atoms with E-state index in [0.717, 1.165) is 25.1 Å². The van der Waals surface area contributed by atoms with Crippen molar-refractivity contribution in [1.82, 2.24) is 10.2 Å². The highest BCUT2D eigenvalue weighted by atomic mass is 19.4. The molecule has 1 amide bonds. The van der Waals surface area contributed by atoms with Gasteiger partial charge in [-0.2, -0.15) is 13.2 Å². The van der Waals surface area contributed by atoms with Gasteiger partial charge in [0, 0.05) is 32.8 Å². The van der Waals surface area contributed by atoms with Gasteiger partial charge in [-0.05, 0) is 17.7 Å². The maximum absolute atomic E-state index is 12.7. The van der Waals surface area contributed by atoms with Crippen molar-refractivity contribution in [2.24, 2.45) is 0 Å². The second kappa shape index (κ2) is 7.82. The van der Waals surface area contributed by atoms with E-state index in [2.05, 4.69) is 5.32 Å². The predicted octanol–water partition coefficient (Wildman–Crippen LogP) is 2.21. The van der Waals surface area contributed by atoms with Crippen LogP contribution in [0, 0.1) is 0 Å². The lowest BCUT2D eigenvalue weighted by Gasteiger charge is -2.15. The Morgan fingerprint density at radius 3 is 2.28 bits per heavy atom. The van der Waals surface area contributed by atoms with Crippen LogP contribution >= 0.6 is 0 Å². The lowest BCUT2D eigenvalue weighted by atomic mass is 9.96. The number of carbonyl (C=O) groups excluding carboxylic acids is 2. The number of nitrogens with zero attached hydrogens (tertiary/aromatic N) is 1. The van der Waals surface area contributed by atoms with Crippen molar-refractivity contribution < 1.29 is 32.7 Å². The quantitative estimate of drug-likeness (QED) is 0.601. The Bertz CT molecular complexity index is 725. The summed E-state index contributed by atoms with van der Waals surface area (Å²) < 4.78 is 38.2. The summed E-state index contributed by atoms with van der Waals surface area (Å²) in [5.41, 5.74) is -1.40. The number of carboxylic acid groups (broad SMARTS) is 1. The fraction of sp³-hybridized carbons (Fsp3) is 0.312. The number of alkyl halides is 3. The zero-order valence-corrected chi connectivity index (χ0v) is 13.8. The van der Waals surface area contributed by atoms with E-state index in [0.29, 0.717) is 0 Å². The highest BCUT2D eigenvalue weighted by molar-refractivity contribution is 6.11. The lowest BCUT2D eigenvalue weighted by Crippen LogP contribution is -2.28. The number of carboxylic acids is 1. The number of ketones is 1. The molecule has 0 spiro atoms. The van der Waals surface area contributed by atoms with Gasteiger partial charge in [0.15, 0.2) is 0 Å². The smallest absolute Gasteiger partial charge is 0.393 e. The van der Waals surface area contributed by atoms with E-state index in [9.17, 15) is 27.6 Å². The number of benzene rings is 1. The lowest BCUT2D eigenvalue weighted by molar-refractivity contribution is -0.127. The van der Waals surface area contributed by atoms with Gasteiger partial charge in [0.05, 0.1) is 12.0 Å². The van der Waals surface area contributed by atoms with E-state index in [-0.39, 0.29) is 16.8 Å². The molecule has 0 saturated heterocycles. The van der Waals surface area contributed by atoms with Crippen molar-refractivity contribution in [2.45, 2.75) is 19.5 Å². The van der Waals surface area contributed by atoms with Crippen LogP contribution in [0.5, 0.6) is 0 Å². The van der Waals surface area contributed by atoms with Crippen LogP contribution in [0.15, 0.2) is 30.1 Å². The third kappa shape index (κ3) is 6.28. The van der Waals surface area contributed by atoms with E-state index >= 15 is 0 Å². The number of hydrogen-bond donors (Lipinski definition) is 2. The van der Waals surface area contributed by atoms with Crippen LogP contribution < -0.4 is 5.32 Å². The van der Waals surface area contributed by atoms with Gasteiger partial charge < -0.3 is 15.3 Å². The van der Waals surface area contributed by atoms with Crippen molar-refractivity contribution >= 4 is 17.7 Å². The first-order chi connectivity index (χ1) is 11.4. The molecule has 25 heavy (non-hydrogen) atoms. The molecule has 1 aromatic carbocycles. The number of Topliss-reactive ketones (excluding diaryl/α,β-unsaturated/α-hetero) is 1. The molecule has 9 heteroatoms. The molecule has 0 radical (unpaired) electrons. The molecule has 1 aromatic rings. The number of rotatable bonds is 6. The van der Waals surface area contributed by atoms with Crippen molar-refractivity contribution in [3.63, 3.8) is 0 Å². The Morgan fingerprint density at radius 2 is 1.84 bits per heavy atom. The Hall–Kier alpha value is -2.84. The number of halogens is 3. The minimum Gasteiger partial charge on any atom is -0.478 e. The third-order valence-corrected chi connectivity index (χ3v) is 2.93. The normalized spacial score (nSPS) is 11.8. The van der Waals surface area contributed by atoms with Gasteiger partial charge in [0.2, 0.25) is 11.7 Å². The summed E-state index contributed by atoms with van der Waals surface area (Å²) in [4.78, 5) is 36.4. The molecule has 136 valence electrons. The van der Waals surface area contributed by atoms with Crippen molar-refractivity contribution in [2.75, 3.05) is 14.1 Å². The summed E-state index contributed by atoms with van der Waals surface area (Å²) in [5.74, 6) is -2.88. The van der Waals surface area contributed by atoms with E-state index in [1.165, 1.54) is 11.1 Å². The summed E-state index contributed by atoms with van der Waals surface area (Å²) >= 11 is 0. The Morgan fingerprint density at radius 1 is 1.24 bits per heavy atom. The number of nitrogens with one attached hydrogen (secondary N) is 1. The number of allylic oxidation sites excluding steroid dienone is 1. The first kappa shape index (κ1) is 20.2. The monoisotopic (exact) mass is 358 g/mol. The second-order valence-electron chi connectivity index (χ2n) is 5.49. The fourth-order valence-corrected chi connectivity index (χ4v) is 2.03. The fourth-order valence-electron chi connectivity index (χ4n) is 2.03. The van der Waals surface area contributed by atoms with Crippen LogP contribution in [0.4, 0.5) is 13.2 Å². The highest BCUT2D eigenvalue weighted by Gasteiger charge is 2.31. The zero-order valence-electron chi connectivity index (χ0n) is 13.8. The van der Waals surface area contributed by atoms with Gasteiger partial charge in [-0.1, -0.05) is 6.07 Å². The molecule has 0 bridgehead atoms. The second-order valence-corrected chi connectivity index (χ2v) is 5.49. The average Bonchev–Trinajstić information content (AvgIpc) is 2.43. The molecule has 0 saturated carbocycles. The molecule has 0 aliphatic rings. The van der Waals surface area contributed by atoms with Crippen LogP contribution in [-0.2, 0) is 11.2 Å². The summed E-state index contributed by atoms with van der Waals surface area (Å²) in [6, 6.07) is 2.82. The maximum atomic E-state index is 12.7. The Kier molecular flexibility index (Phi) is 6.32. The van der Waals surface area contributed by atoms with Crippen LogP contribution in [0.25, 0.3) is 0 Å². The van der Waals surface area contributed by atoms with Crippen LogP contribution in [-0.4, -0.2) is 47.9 Å². The van der Waals surface area contributed by atoms with Gasteiger partial charge in [-0.3, -0.25) is 9.59 Å². The van der Waals surface area contributed by atoms with E-state index in [1.54, 1.807) is 14.1 Å². The number of hydrogen-bond acceptors (Lipinski definition) is 4. The molecule has 1 rings (SSSR count). The van der Waals surface area contributed by atoms with Gasteiger partial charge in [0.25, 0.3) is 0 Å². The van der Waals surface area contributed by atoms with Gasteiger partial charge in [-0.15, -0.1) is 0 Å². The summed E-state index contributed by atoms with van der Waals surface area (Å²) in [7, 11) is 3.11. The van der Waals surface area contributed by atoms with Crippen LogP contribution in [0.1, 0.15) is 33.2 Å². The minimum absolute atomic E-state index is 0.261. The molecular weight excluding hydrogens is 341 g/mol. The molecule has 0 unspecified atom stereocenters. The Balaban J connectivity index is 3.47. The average molecular weight is 358 g/mol. The molecule has 0 atom stereocenters. The highest BCUT2D eigenvalue weighted by Crippen LogP contribution is 2.25. The molecule has 0 fully saturated rings. The van der Waals surface area contributed by atoms with Gasteiger partial charge >= 0.3 is 12.1 Å². The molecular formula is C16H17F3N2O4. The number of aromatic carboxylic acids is 1. The minimum atomic E-state index is -4.58. The molecule has 2 N–H and O–H groups in total. The predicted molar refractivity (Wildman–Crippen MR) is 83.1 cm³/mol. The van der Waals surface area contributed by atoms with E-state index in [4.69, 9.17) is 5.11 Å². The topological polar surface area (TPSA) is 86.7 Å². The number of amides is 1. The molecule has 0 aromatic heterocycles. The molecule has 6 nitrogen and oxygen atoms in total.